The molecule has 3 aromatic rings. The van der Waals surface area contributed by atoms with Gasteiger partial charge in [0.05, 0.1) is 16.3 Å². The van der Waals surface area contributed by atoms with Crippen LogP contribution in [-0.4, -0.2) is 29.1 Å². The molecule has 0 aliphatic carbocycles. The molecule has 2 N–H and O–H groups in total. The minimum atomic E-state index is -0.323. The minimum absolute atomic E-state index is 0.323. The second-order valence-corrected chi connectivity index (χ2v) is 6.12. The molecular formula is C19H15ClN4O3. The molecule has 0 bridgehead atoms. The molecule has 0 atom stereocenters. The van der Waals surface area contributed by atoms with Crippen LogP contribution in [0.25, 0.3) is 0 Å². The third-order valence-corrected chi connectivity index (χ3v) is 4.16. The van der Waals surface area contributed by atoms with Crippen LogP contribution in [0.1, 0.15) is 10.4 Å². The van der Waals surface area contributed by atoms with Crippen molar-refractivity contribution in [3.63, 3.8) is 0 Å². The van der Waals surface area contributed by atoms with Gasteiger partial charge in [-0.15, -0.1) is 0 Å². The molecule has 0 spiro atoms. The lowest BCUT2D eigenvalue weighted by atomic mass is 10.2. The Hall–Kier alpha value is -3.32. The molecule has 4 rings (SSSR count). The van der Waals surface area contributed by atoms with Crippen molar-refractivity contribution in [3.8, 4) is 11.5 Å². The number of nitrogens with zero attached hydrogens (tertiary/aromatic N) is 2. The number of carbonyl (C=O) groups excluding carboxylic acids is 1. The van der Waals surface area contributed by atoms with Crippen LogP contribution in [0.5, 0.6) is 11.5 Å². The Bertz CT molecular complexity index is 979. The second-order valence-electron chi connectivity index (χ2n) is 5.71. The van der Waals surface area contributed by atoms with E-state index >= 15 is 0 Å². The van der Waals surface area contributed by atoms with Crippen LogP contribution in [0.2, 0.25) is 5.02 Å². The number of carbonyl (C=O) groups is 1. The quantitative estimate of drug-likeness (QED) is 0.711. The summed E-state index contributed by atoms with van der Waals surface area (Å²) in [4.78, 5) is 20.7. The average molecular weight is 383 g/mol. The summed E-state index contributed by atoms with van der Waals surface area (Å²) in [7, 11) is 0. The van der Waals surface area contributed by atoms with Crippen LogP contribution >= 0.6 is 11.6 Å². The van der Waals surface area contributed by atoms with E-state index in [4.69, 9.17) is 21.1 Å². The first-order valence-electron chi connectivity index (χ1n) is 8.24. The first kappa shape index (κ1) is 17.1. The zero-order valence-corrected chi connectivity index (χ0v) is 14.9. The van der Waals surface area contributed by atoms with Crippen molar-refractivity contribution in [2.45, 2.75) is 0 Å². The van der Waals surface area contributed by atoms with E-state index in [1.807, 2.05) is 18.2 Å². The topological polar surface area (TPSA) is 85.4 Å². The number of hydrogen-bond donors (Lipinski definition) is 2. The highest BCUT2D eigenvalue weighted by molar-refractivity contribution is 6.33. The number of aromatic nitrogens is 2. The predicted molar refractivity (Wildman–Crippen MR) is 102 cm³/mol. The largest absolute Gasteiger partial charge is 0.486 e. The van der Waals surface area contributed by atoms with Gasteiger partial charge < -0.3 is 20.1 Å². The molecular weight excluding hydrogens is 368 g/mol. The van der Waals surface area contributed by atoms with Crippen molar-refractivity contribution in [1.29, 1.82) is 0 Å². The van der Waals surface area contributed by atoms with E-state index in [0.717, 1.165) is 0 Å². The van der Waals surface area contributed by atoms with E-state index in [2.05, 4.69) is 20.6 Å². The summed E-state index contributed by atoms with van der Waals surface area (Å²) in [6.07, 6.45) is 2.89. The maximum atomic E-state index is 12.4. The minimum Gasteiger partial charge on any atom is -0.486 e. The SMILES string of the molecule is O=C(Nc1ccc2c(c1)OCCO2)c1cnc(Nc2ccccc2Cl)nc1. The van der Waals surface area contributed by atoms with Crippen LogP contribution in [0.15, 0.2) is 54.9 Å². The predicted octanol–water partition coefficient (Wildman–Crippen LogP) is 3.90. The Labute approximate surface area is 160 Å². The molecule has 1 aromatic heterocycles. The summed E-state index contributed by atoms with van der Waals surface area (Å²) < 4.78 is 11.0. The van der Waals surface area contributed by atoms with Gasteiger partial charge in [0.2, 0.25) is 5.95 Å². The number of nitrogens with one attached hydrogen (secondary N) is 2. The molecule has 136 valence electrons. The van der Waals surface area contributed by atoms with Crippen molar-refractivity contribution in [1.82, 2.24) is 9.97 Å². The second kappa shape index (κ2) is 7.51. The van der Waals surface area contributed by atoms with Crippen molar-refractivity contribution in [2.24, 2.45) is 0 Å². The lowest BCUT2D eigenvalue weighted by Gasteiger charge is -2.19. The van der Waals surface area contributed by atoms with Gasteiger partial charge in [0.15, 0.2) is 11.5 Å². The number of halogens is 1. The maximum Gasteiger partial charge on any atom is 0.258 e. The lowest BCUT2D eigenvalue weighted by molar-refractivity contribution is 0.102. The Kier molecular flexibility index (Phi) is 4.76. The van der Waals surface area contributed by atoms with Gasteiger partial charge in [-0.3, -0.25) is 4.79 Å². The van der Waals surface area contributed by atoms with E-state index < -0.39 is 0 Å². The zero-order chi connectivity index (χ0) is 18.6. The molecule has 8 heteroatoms. The number of hydrogen-bond acceptors (Lipinski definition) is 6. The Morgan fingerprint density at radius 1 is 1.00 bits per heavy atom. The van der Waals surface area contributed by atoms with Gasteiger partial charge in [0.1, 0.15) is 13.2 Å². The summed E-state index contributed by atoms with van der Waals surface area (Å²) in [6, 6.07) is 12.5. The first-order chi connectivity index (χ1) is 13.2. The highest BCUT2D eigenvalue weighted by Crippen LogP contribution is 2.32. The van der Waals surface area contributed by atoms with Crippen molar-refractivity contribution >= 4 is 34.8 Å². The summed E-state index contributed by atoms with van der Waals surface area (Å²) in [5, 5.41) is 6.35. The standard InChI is InChI=1S/C19H15ClN4O3/c20-14-3-1-2-4-15(14)24-19-21-10-12(11-22-19)18(25)23-13-5-6-16-17(9-13)27-8-7-26-16/h1-6,9-11H,7-8H2,(H,23,25)(H,21,22,24). The fourth-order valence-electron chi connectivity index (χ4n) is 2.52. The van der Waals surface area contributed by atoms with Crippen LogP contribution in [-0.2, 0) is 0 Å². The van der Waals surface area contributed by atoms with Gasteiger partial charge in [-0.05, 0) is 24.3 Å². The van der Waals surface area contributed by atoms with Gasteiger partial charge in [0, 0.05) is 24.1 Å². The maximum absolute atomic E-state index is 12.4. The third-order valence-electron chi connectivity index (χ3n) is 3.83. The zero-order valence-electron chi connectivity index (χ0n) is 14.1. The van der Waals surface area contributed by atoms with E-state index in [0.29, 0.717) is 52.6 Å². The smallest absolute Gasteiger partial charge is 0.258 e. The van der Waals surface area contributed by atoms with Gasteiger partial charge in [-0.1, -0.05) is 23.7 Å². The van der Waals surface area contributed by atoms with Gasteiger partial charge in [0.25, 0.3) is 5.91 Å². The molecule has 0 radical (unpaired) electrons. The highest BCUT2D eigenvalue weighted by atomic mass is 35.5. The molecule has 1 aliphatic rings. The molecule has 0 fully saturated rings. The summed E-state index contributed by atoms with van der Waals surface area (Å²) in [6.45, 7) is 1.00. The van der Waals surface area contributed by atoms with Crippen molar-refractivity contribution in [2.75, 3.05) is 23.8 Å². The molecule has 0 saturated heterocycles. The molecule has 2 aromatic carbocycles. The number of anilines is 3. The van der Waals surface area contributed by atoms with Crippen LogP contribution in [0.3, 0.4) is 0 Å². The summed E-state index contributed by atoms with van der Waals surface area (Å²) in [5.41, 5.74) is 1.62. The van der Waals surface area contributed by atoms with E-state index in [1.54, 1.807) is 24.3 Å². The number of benzene rings is 2. The Morgan fingerprint density at radius 3 is 2.52 bits per heavy atom. The fourth-order valence-corrected chi connectivity index (χ4v) is 2.70. The molecule has 1 amide bonds. The number of ether oxygens (including phenoxy) is 2. The lowest BCUT2D eigenvalue weighted by Crippen LogP contribution is -2.16. The van der Waals surface area contributed by atoms with Crippen molar-refractivity contribution < 1.29 is 14.3 Å². The fraction of sp³-hybridized carbons (Fsp3) is 0.105. The molecule has 7 nitrogen and oxygen atoms in total. The monoisotopic (exact) mass is 382 g/mol. The number of para-hydroxylation sites is 1. The molecule has 1 aliphatic heterocycles. The molecule has 2 heterocycles. The van der Waals surface area contributed by atoms with Crippen LogP contribution < -0.4 is 20.1 Å². The van der Waals surface area contributed by atoms with Gasteiger partial charge >= 0.3 is 0 Å². The number of fused-ring (bicyclic) bond motifs is 1. The summed E-state index contributed by atoms with van der Waals surface area (Å²) in [5.74, 6) is 1.29. The first-order valence-corrected chi connectivity index (χ1v) is 8.61. The van der Waals surface area contributed by atoms with E-state index in [1.165, 1.54) is 12.4 Å². The normalized spacial score (nSPS) is 12.3. The summed E-state index contributed by atoms with van der Waals surface area (Å²) >= 11 is 6.10. The van der Waals surface area contributed by atoms with E-state index in [-0.39, 0.29) is 5.91 Å². The molecule has 0 unspecified atom stereocenters. The molecule has 27 heavy (non-hydrogen) atoms. The number of rotatable bonds is 4. The Balaban J connectivity index is 1.44. The average Bonchev–Trinajstić information content (AvgIpc) is 2.70. The highest BCUT2D eigenvalue weighted by Gasteiger charge is 2.14. The Morgan fingerprint density at radius 2 is 1.74 bits per heavy atom. The van der Waals surface area contributed by atoms with Gasteiger partial charge in [-0.2, -0.15) is 0 Å². The van der Waals surface area contributed by atoms with Crippen LogP contribution in [0.4, 0.5) is 17.3 Å². The third kappa shape index (κ3) is 3.93. The number of amides is 1. The van der Waals surface area contributed by atoms with Crippen LogP contribution in [0, 0.1) is 0 Å². The molecule has 0 saturated carbocycles. The van der Waals surface area contributed by atoms with Gasteiger partial charge in [-0.25, -0.2) is 9.97 Å². The van der Waals surface area contributed by atoms with E-state index in [9.17, 15) is 4.79 Å². The van der Waals surface area contributed by atoms with Crippen molar-refractivity contribution in [3.05, 3.63) is 65.4 Å².